The molecule has 24 heavy (non-hydrogen) atoms. The van der Waals surface area contributed by atoms with Gasteiger partial charge in [-0.1, -0.05) is 13.8 Å². The van der Waals surface area contributed by atoms with Gasteiger partial charge in [0, 0.05) is 43.6 Å². The van der Waals surface area contributed by atoms with Gasteiger partial charge in [0.2, 0.25) is 5.88 Å². The molecule has 1 aliphatic carbocycles. The highest BCUT2D eigenvalue weighted by molar-refractivity contribution is 5.89. The van der Waals surface area contributed by atoms with Gasteiger partial charge >= 0.3 is 6.03 Å². The Morgan fingerprint density at radius 3 is 2.71 bits per heavy atom. The molecule has 0 unspecified atom stereocenters. The van der Waals surface area contributed by atoms with E-state index in [1.54, 1.807) is 32.5 Å². The highest BCUT2D eigenvalue weighted by atomic mass is 16.5. The molecule has 2 amide bonds. The van der Waals surface area contributed by atoms with Crippen molar-refractivity contribution in [2.75, 3.05) is 32.8 Å². The molecular formula is C17H27N3O4. The summed E-state index contributed by atoms with van der Waals surface area (Å²) in [4.78, 5) is 16.3. The topological polar surface area (TPSA) is 81.7 Å². The van der Waals surface area contributed by atoms with Crippen LogP contribution in [0.2, 0.25) is 0 Å². The summed E-state index contributed by atoms with van der Waals surface area (Å²) >= 11 is 0. The van der Waals surface area contributed by atoms with Gasteiger partial charge in [-0.05, 0) is 19.4 Å². The quantitative estimate of drug-likeness (QED) is 0.747. The molecule has 2 atom stereocenters. The Balaban J connectivity index is 1.88. The summed E-state index contributed by atoms with van der Waals surface area (Å²) in [5.74, 6) is 0.445. The van der Waals surface area contributed by atoms with Crippen LogP contribution in [0.5, 0.6) is 5.88 Å². The molecule has 0 aliphatic heterocycles. The monoisotopic (exact) mass is 337 g/mol. The van der Waals surface area contributed by atoms with Gasteiger partial charge < -0.3 is 24.8 Å². The van der Waals surface area contributed by atoms with Crippen molar-refractivity contribution in [3.05, 3.63) is 18.3 Å². The van der Waals surface area contributed by atoms with E-state index in [0.717, 1.165) is 6.42 Å². The minimum absolute atomic E-state index is 0.0571. The van der Waals surface area contributed by atoms with Gasteiger partial charge in [0.15, 0.2) is 0 Å². The van der Waals surface area contributed by atoms with Crippen LogP contribution in [-0.4, -0.2) is 50.1 Å². The maximum Gasteiger partial charge on any atom is 0.319 e. The Kier molecular flexibility index (Phi) is 5.66. The minimum Gasteiger partial charge on any atom is -0.475 e. The molecular weight excluding hydrogens is 310 g/mol. The largest absolute Gasteiger partial charge is 0.475 e. The number of rotatable bonds is 7. The summed E-state index contributed by atoms with van der Waals surface area (Å²) in [5.41, 5.74) is 0.275. The Labute approximate surface area is 143 Å². The third kappa shape index (κ3) is 3.79. The number of ether oxygens (including phenoxy) is 3. The number of pyridine rings is 1. The highest BCUT2D eigenvalue weighted by Crippen LogP contribution is 2.51. The van der Waals surface area contributed by atoms with E-state index >= 15 is 0 Å². The number of carbonyl (C=O) groups is 1. The second-order valence-electron chi connectivity index (χ2n) is 6.74. The summed E-state index contributed by atoms with van der Waals surface area (Å²) in [7, 11) is 3.32. The number of anilines is 1. The summed E-state index contributed by atoms with van der Waals surface area (Å²) in [5, 5.41) is 5.82. The minimum atomic E-state index is -0.250. The van der Waals surface area contributed by atoms with Crippen LogP contribution >= 0.6 is 0 Å². The molecule has 7 nitrogen and oxygen atoms in total. The standard InChI is InChI=1S/C17H27N3O4/c1-16(2)13(11-17(16,3)23-5)20-15(21)19-12-6-7-18-14(10-12)24-9-8-22-4/h6-7,10,13H,8-9,11H2,1-5H3,(H2,18,19,20,21)/t13-,17-/m1/s1. The van der Waals surface area contributed by atoms with Gasteiger partial charge in [-0.25, -0.2) is 9.78 Å². The summed E-state index contributed by atoms with van der Waals surface area (Å²) < 4.78 is 15.9. The Morgan fingerprint density at radius 1 is 1.33 bits per heavy atom. The van der Waals surface area contributed by atoms with Crippen LogP contribution in [0.3, 0.4) is 0 Å². The average molecular weight is 337 g/mol. The lowest BCUT2D eigenvalue weighted by molar-refractivity contribution is -0.177. The van der Waals surface area contributed by atoms with Crippen molar-refractivity contribution in [2.24, 2.45) is 5.41 Å². The van der Waals surface area contributed by atoms with Gasteiger partial charge in [-0.3, -0.25) is 0 Å². The summed E-state index contributed by atoms with van der Waals surface area (Å²) in [6, 6.07) is 3.20. The van der Waals surface area contributed by atoms with Crippen molar-refractivity contribution in [1.29, 1.82) is 0 Å². The molecule has 1 aromatic rings. The van der Waals surface area contributed by atoms with Crippen molar-refractivity contribution in [3.63, 3.8) is 0 Å². The molecule has 0 bridgehead atoms. The zero-order chi connectivity index (χ0) is 17.8. The Hall–Kier alpha value is -1.86. The molecule has 1 heterocycles. The predicted molar refractivity (Wildman–Crippen MR) is 91.4 cm³/mol. The molecule has 2 N–H and O–H groups in total. The number of hydrogen-bond acceptors (Lipinski definition) is 5. The average Bonchev–Trinajstić information content (AvgIpc) is 2.54. The molecule has 0 spiro atoms. The second-order valence-corrected chi connectivity index (χ2v) is 6.74. The zero-order valence-corrected chi connectivity index (χ0v) is 15.0. The van der Waals surface area contributed by atoms with Crippen molar-refractivity contribution in [2.45, 2.75) is 38.8 Å². The van der Waals surface area contributed by atoms with E-state index in [2.05, 4.69) is 36.4 Å². The third-order valence-electron chi connectivity index (χ3n) is 5.11. The molecule has 0 aromatic carbocycles. The van der Waals surface area contributed by atoms with Gasteiger partial charge in [-0.15, -0.1) is 0 Å². The molecule has 2 rings (SSSR count). The van der Waals surface area contributed by atoms with Crippen LogP contribution < -0.4 is 15.4 Å². The first-order valence-corrected chi connectivity index (χ1v) is 8.03. The number of nitrogens with one attached hydrogen (secondary N) is 2. The predicted octanol–water partition coefficient (Wildman–Crippen LogP) is 2.43. The van der Waals surface area contributed by atoms with Gasteiger partial charge in [0.25, 0.3) is 0 Å². The molecule has 0 saturated heterocycles. The highest BCUT2D eigenvalue weighted by Gasteiger charge is 2.58. The fourth-order valence-corrected chi connectivity index (χ4v) is 2.84. The maximum atomic E-state index is 12.2. The number of hydrogen-bond donors (Lipinski definition) is 2. The van der Waals surface area contributed by atoms with E-state index in [9.17, 15) is 4.79 Å². The normalized spacial score (nSPS) is 24.8. The molecule has 1 fully saturated rings. The van der Waals surface area contributed by atoms with E-state index in [4.69, 9.17) is 14.2 Å². The Bertz CT molecular complexity index is 579. The fraction of sp³-hybridized carbons (Fsp3) is 0.647. The lowest BCUT2D eigenvalue weighted by Gasteiger charge is -2.59. The molecule has 134 valence electrons. The molecule has 1 aliphatic rings. The number of aromatic nitrogens is 1. The first kappa shape index (κ1) is 18.5. The van der Waals surface area contributed by atoms with Crippen molar-refractivity contribution >= 4 is 11.7 Å². The van der Waals surface area contributed by atoms with Crippen molar-refractivity contribution in [3.8, 4) is 5.88 Å². The number of methoxy groups -OCH3 is 2. The number of nitrogens with zero attached hydrogens (tertiary/aromatic N) is 1. The zero-order valence-electron chi connectivity index (χ0n) is 15.0. The van der Waals surface area contributed by atoms with E-state index in [1.165, 1.54) is 0 Å². The Morgan fingerprint density at radius 2 is 2.08 bits per heavy atom. The third-order valence-corrected chi connectivity index (χ3v) is 5.11. The van der Waals surface area contributed by atoms with Crippen LogP contribution in [0.4, 0.5) is 10.5 Å². The first-order chi connectivity index (χ1) is 11.3. The van der Waals surface area contributed by atoms with Crippen molar-refractivity contribution < 1.29 is 19.0 Å². The lowest BCUT2D eigenvalue weighted by atomic mass is 9.56. The molecule has 0 radical (unpaired) electrons. The van der Waals surface area contributed by atoms with E-state index < -0.39 is 0 Å². The smallest absolute Gasteiger partial charge is 0.319 e. The summed E-state index contributed by atoms with van der Waals surface area (Å²) in [6.45, 7) is 7.15. The van der Waals surface area contributed by atoms with Gasteiger partial charge in [-0.2, -0.15) is 0 Å². The molecule has 1 aromatic heterocycles. The van der Waals surface area contributed by atoms with E-state index in [-0.39, 0.29) is 23.1 Å². The molecule has 7 heteroatoms. The summed E-state index contributed by atoms with van der Waals surface area (Å²) in [6.07, 6.45) is 2.37. The fourth-order valence-electron chi connectivity index (χ4n) is 2.84. The lowest BCUT2D eigenvalue weighted by Crippen LogP contribution is -2.68. The van der Waals surface area contributed by atoms with Crippen LogP contribution in [0.1, 0.15) is 27.2 Å². The SMILES string of the molecule is COCCOc1cc(NC(=O)N[C@@H]2C[C@@](C)(OC)C2(C)C)ccn1. The van der Waals surface area contributed by atoms with Gasteiger partial charge in [0.1, 0.15) is 6.61 Å². The number of urea groups is 1. The number of carbonyl (C=O) groups excluding carboxylic acids is 1. The van der Waals surface area contributed by atoms with Crippen molar-refractivity contribution in [1.82, 2.24) is 10.3 Å². The molecule has 1 saturated carbocycles. The maximum absolute atomic E-state index is 12.2. The van der Waals surface area contributed by atoms with Gasteiger partial charge in [0.05, 0.1) is 12.2 Å². The van der Waals surface area contributed by atoms with Crippen LogP contribution in [-0.2, 0) is 9.47 Å². The number of amides is 2. The van der Waals surface area contributed by atoms with E-state index in [0.29, 0.717) is 24.8 Å². The van der Waals surface area contributed by atoms with Crippen LogP contribution in [0.25, 0.3) is 0 Å². The van der Waals surface area contributed by atoms with Crippen LogP contribution in [0.15, 0.2) is 18.3 Å². The first-order valence-electron chi connectivity index (χ1n) is 8.03. The van der Waals surface area contributed by atoms with E-state index in [1.807, 2.05) is 0 Å². The van der Waals surface area contributed by atoms with Crippen LogP contribution in [0, 0.1) is 5.41 Å². The second kappa shape index (κ2) is 7.36.